The molecular formula is C16H21NO2. The molecule has 102 valence electrons. The van der Waals surface area contributed by atoms with Crippen LogP contribution in [0.25, 0.3) is 10.9 Å². The zero-order valence-electron chi connectivity index (χ0n) is 11.7. The van der Waals surface area contributed by atoms with Crippen LogP contribution in [0.1, 0.15) is 32.3 Å². The molecule has 2 rings (SSSR count). The molecule has 0 N–H and O–H groups in total. The normalized spacial score (nSPS) is 10.8. The van der Waals surface area contributed by atoms with Gasteiger partial charge in [-0.3, -0.25) is 4.79 Å². The van der Waals surface area contributed by atoms with Gasteiger partial charge in [-0.2, -0.15) is 0 Å². The number of hydrogen-bond acceptors (Lipinski definition) is 2. The van der Waals surface area contributed by atoms with Crippen LogP contribution in [0.3, 0.4) is 0 Å². The quantitative estimate of drug-likeness (QED) is 0.743. The van der Waals surface area contributed by atoms with Crippen molar-refractivity contribution in [1.29, 1.82) is 0 Å². The third-order valence-electron chi connectivity index (χ3n) is 3.34. The van der Waals surface area contributed by atoms with Gasteiger partial charge in [-0.15, -0.1) is 0 Å². The van der Waals surface area contributed by atoms with Crippen molar-refractivity contribution in [2.45, 2.75) is 39.7 Å². The van der Waals surface area contributed by atoms with Crippen molar-refractivity contribution in [2.24, 2.45) is 0 Å². The largest absolute Gasteiger partial charge is 0.466 e. The second kappa shape index (κ2) is 6.41. The minimum Gasteiger partial charge on any atom is -0.466 e. The van der Waals surface area contributed by atoms with E-state index in [0.29, 0.717) is 13.0 Å². The third-order valence-corrected chi connectivity index (χ3v) is 3.34. The van der Waals surface area contributed by atoms with Gasteiger partial charge < -0.3 is 9.30 Å². The summed E-state index contributed by atoms with van der Waals surface area (Å²) in [5, 5.41) is 1.30. The molecular weight excluding hydrogens is 238 g/mol. The molecule has 19 heavy (non-hydrogen) atoms. The van der Waals surface area contributed by atoms with Gasteiger partial charge >= 0.3 is 5.97 Å². The molecule has 0 fully saturated rings. The van der Waals surface area contributed by atoms with Crippen LogP contribution >= 0.6 is 0 Å². The van der Waals surface area contributed by atoms with E-state index in [1.807, 2.05) is 6.92 Å². The van der Waals surface area contributed by atoms with E-state index in [2.05, 4.69) is 42.0 Å². The van der Waals surface area contributed by atoms with Gasteiger partial charge in [0.2, 0.25) is 0 Å². The molecule has 0 amide bonds. The smallest absolute Gasteiger partial charge is 0.305 e. The predicted molar refractivity (Wildman–Crippen MR) is 77.2 cm³/mol. The summed E-state index contributed by atoms with van der Waals surface area (Å²) in [4.78, 5) is 11.3. The molecule has 0 saturated heterocycles. The fourth-order valence-corrected chi connectivity index (χ4v) is 2.44. The molecule has 3 nitrogen and oxygen atoms in total. The highest BCUT2D eigenvalue weighted by Gasteiger charge is 2.08. The summed E-state index contributed by atoms with van der Waals surface area (Å²) in [5.41, 5.74) is 2.60. The van der Waals surface area contributed by atoms with Crippen LogP contribution in [0.4, 0.5) is 0 Å². The topological polar surface area (TPSA) is 31.2 Å². The van der Waals surface area contributed by atoms with Crippen molar-refractivity contribution in [2.75, 3.05) is 6.61 Å². The molecule has 0 unspecified atom stereocenters. The summed E-state index contributed by atoms with van der Waals surface area (Å²) in [7, 11) is 0. The highest BCUT2D eigenvalue weighted by atomic mass is 16.5. The molecule has 2 aromatic rings. The number of carbonyl (C=O) groups is 1. The lowest BCUT2D eigenvalue weighted by atomic mass is 10.1. The van der Waals surface area contributed by atoms with Crippen LogP contribution in [-0.4, -0.2) is 17.1 Å². The predicted octanol–water partition coefficient (Wildman–Crippen LogP) is 3.55. The van der Waals surface area contributed by atoms with Gasteiger partial charge in [0, 0.05) is 30.1 Å². The minimum atomic E-state index is -0.0956. The Balaban J connectivity index is 2.06. The fraction of sp³-hybridized carbons (Fsp3) is 0.438. The molecule has 0 aliphatic heterocycles. The van der Waals surface area contributed by atoms with Gasteiger partial charge in [0.05, 0.1) is 6.61 Å². The lowest BCUT2D eigenvalue weighted by Crippen LogP contribution is -2.03. The van der Waals surface area contributed by atoms with Crippen molar-refractivity contribution in [3.63, 3.8) is 0 Å². The highest BCUT2D eigenvalue weighted by Crippen LogP contribution is 2.22. The van der Waals surface area contributed by atoms with Crippen LogP contribution in [0.5, 0.6) is 0 Å². The zero-order valence-corrected chi connectivity index (χ0v) is 11.7. The Morgan fingerprint density at radius 3 is 2.79 bits per heavy atom. The molecule has 0 saturated carbocycles. The molecule has 0 spiro atoms. The number of esters is 1. The lowest BCUT2D eigenvalue weighted by molar-refractivity contribution is -0.143. The van der Waals surface area contributed by atoms with Crippen LogP contribution in [-0.2, 0) is 22.5 Å². The first-order valence-corrected chi connectivity index (χ1v) is 6.98. The maximum atomic E-state index is 11.3. The van der Waals surface area contributed by atoms with E-state index in [0.717, 1.165) is 19.4 Å². The molecule has 0 radical (unpaired) electrons. The summed E-state index contributed by atoms with van der Waals surface area (Å²) in [5.74, 6) is -0.0956. The molecule has 1 heterocycles. The van der Waals surface area contributed by atoms with E-state index in [4.69, 9.17) is 4.74 Å². The van der Waals surface area contributed by atoms with Gasteiger partial charge in [0.25, 0.3) is 0 Å². The zero-order chi connectivity index (χ0) is 13.7. The van der Waals surface area contributed by atoms with Crippen LogP contribution in [0, 0.1) is 0 Å². The number of nitrogens with zero attached hydrogens (tertiary/aromatic N) is 1. The molecule has 0 bridgehead atoms. The second-order valence-corrected chi connectivity index (χ2v) is 4.62. The molecule has 0 aliphatic carbocycles. The Hall–Kier alpha value is -1.77. The molecule has 1 aromatic heterocycles. The number of benzene rings is 1. The van der Waals surface area contributed by atoms with E-state index >= 15 is 0 Å². The Labute approximate surface area is 114 Å². The first-order valence-electron chi connectivity index (χ1n) is 6.98. The minimum absolute atomic E-state index is 0.0956. The van der Waals surface area contributed by atoms with Gasteiger partial charge in [-0.25, -0.2) is 0 Å². The molecule has 0 atom stereocenters. The number of aromatic nitrogens is 1. The lowest BCUT2D eigenvalue weighted by Gasteiger charge is -2.01. The van der Waals surface area contributed by atoms with Crippen molar-refractivity contribution in [1.82, 2.24) is 4.57 Å². The van der Waals surface area contributed by atoms with Crippen LogP contribution in [0.2, 0.25) is 0 Å². The second-order valence-electron chi connectivity index (χ2n) is 4.62. The number of aryl methyl sites for hydroxylation is 2. The van der Waals surface area contributed by atoms with Crippen molar-refractivity contribution in [3.8, 4) is 0 Å². The molecule has 0 aliphatic rings. The number of carbonyl (C=O) groups excluding carboxylic acids is 1. The number of para-hydroxylation sites is 1. The summed E-state index contributed by atoms with van der Waals surface area (Å²) in [6, 6.07) is 8.43. The van der Waals surface area contributed by atoms with Gasteiger partial charge in [-0.05, 0) is 38.3 Å². The van der Waals surface area contributed by atoms with E-state index < -0.39 is 0 Å². The van der Waals surface area contributed by atoms with E-state index in [1.165, 1.54) is 16.5 Å². The van der Waals surface area contributed by atoms with Crippen molar-refractivity contribution < 1.29 is 9.53 Å². The summed E-state index contributed by atoms with van der Waals surface area (Å²) in [6.45, 7) is 5.42. The monoisotopic (exact) mass is 259 g/mol. The third kappa shape index (κ3) is 3.16. The summed E-state index contributed by atoms with van der Waals surface area (Å²) in [6.07, 6.45) is 4.47. The Morgan fingerprint density at radius 2 is 2.05 bits per heavy atom. The highest BCUT2D eigenvalue weighted by molar-refractivity contribution is 5.84. The standard InChI is InChI=1S/C16H21NO2/c1-3-17-12-13(8-7-11-16(18)19-4-2)14-9-5-6-10-15(14)17/h5-6,9-10,12H,3-4,7-8,11H2,1-2H3. The maximum absolute atomic E-state index is 11.3. The average Bonchev–Trinajstić information content (AvgIpc) is 2.78. The number of hydrogen-bond donors (Lipinski definition) is 0. The fourth-order valence-electron chi connectivity index (χ4n) is 2.44. The van der Waals surface area contributed by atoms with Crippen molar-refractivity contribution >= 4 is 16.9 Å². The number of rotatable bonds is 6. The SMILES string of the molecule is CCOC(=O)CCCc1cn(CC)c2ccccc12. The van der Waals surface area contributed by atoms with E-state index in [1.54, 1.807) is 0 Å². The Morgan fingerprint density at radius 1 is 1.26 bits per heavy atom. The van der Waals surface area contributed by atoms with Crippen LogP contribution in [0.15, 0.2) is 30.5 Å². The molecule has 1 aromatic carbocycles. The number of ether oxygens (including phenoxy) is 1. The van der Waals surface area contributed by atoms with Gasteiger partial charge in [0.1, 0.15) is 0 Å². The summed E-state index contributed by atoms with van der Waals surface area (Å²) < 4.78 is 7.21. The van der Waals surface area contributed by atoms with E-state index in [-0.39, 0.29) is 5.97 Å². The first kappa shape index (κ1) is 13.7. The summed E-state index contributed by atoms with van der Waals surface area (Å²) >= 11 is 0. The van der Waals surface area contributed by atoms with Crippen LogP contribution < -0.4 is 0 Å². The number of fused-ring (bicyclic) bond motifs is 1. The van der Waals surface area contributed by atoms with Crippen molar-refractivity contribution in [3.05, 3.63) is 36.0 Å². The Bertz CT molecular complexity index is 557. The molecule has 3 heteroatoms. The Kier molecular flexibility index (Phi) is 4.61. The van der Waals surface area contributed by atoms with Gasteiger partial charge in [0.15, 0.2) is 0 Å². The van der Waals surface area contributed by atoms with Gasteiger partial charge in [-0.1, -0.05) is 18.2 Å². The average molecular weight is 259 g/mol. The maximum Gasteiger partial charge on any atom is 0.305 e. The van der Waals surface area contributed by atoms with E-state index in [9.17, 15) is 4.79 Å². The first-order chi connectivity index (χ1) is 9.26.